The third-order valence-electron chi connectivity index (χ3n) is 1.70. The van der Waals surface area contributed by atoms with Crippen molar-refractivity contribution in [1.82, 2.24) is 0 Å². The third kappa shape index (κ3) is 3.27. The van der Waals surface area contributed by atoms with E-state index in [4.69, 9.17) is 16.7 Å². The maximum absolute atomic E-state index is 12.1. The van der Waals surface area contributed by atoms with Crippen LogP contribution >= 0.6 is 11.6 Å². The minimum atomic E-state index is -4.93. The Balaban J connectivity index is 3.22. The number of rotatable bonds is 4. The van der Waals surface area contributed by atoms with Crippen LogP contribution in [0.4, 0.5) is 14.5 Å². The standard InChI is InChI=1S/C8H6ClF2NO4S/c9-4-1-2-5(7(13)14)6(3-4)12-17(15,16)8(10)11/h1-3,8,12H,(H,13,14). The zero-order valence-electron chi connectivity index (χ0n) is 8.02. The first kappa shape index (κ1) is 13.7. The van der Waals surface area contributed by atoms with E-state index in [0.717, 1.165) is 12.1 Å². The summed E-state index contributed by atoms with van der Waals surface area (Å²) in [6.45, 7) is 0. The van der Waals surface area contributed by atoms with Crippen LogP contribution in [0.15, 0.2) is 18.2 Å². The topological polar surface area (TPSA) is 83.5 Å². The van der Waals surface area contributed by atoms with Crippen molar-refractivity contribution < 1.29 is 27.1 Å². The summed E-state index contributed by atoms with van der Waals surface area (Å²) in [4.78, 5) is 10.7. The maximum Gasteiger partial charge on any atom is 0.355 e. The first-order valence-electron chi connectivity index (χ1n) is 4.06. The Kier molecular flexibility index (Phi) is 3.89. The Morgan fingerprint density at radius 1 is 1.41 bits per heavy atom. The fourth-order valence-corrected chi connectivity index (χ4v) is 1.72. The van der Waals surface area contributed by atoms with Gasteiger partial charge in [-0.25, -0.2) is 13.2 Å². The van der Waals surface area contributed by atoms with Crippen LogP contribution in [0.2, 0.25) is 5.02 Å². The number of aromatic carboxylic acids is 1. The van der Waals surface area contributed by atoms with Gasteiger partial charge in [-0.3, -0.25) is 4.72 Å². The molecule has 0 unspecified atom stereocenters. The molecule has 0 fully saturated rings. The van der Waals surface area contributed by atoms with Crippen LogP contribution in [0.3, 0.4) is 0 Å². The SMILES string of the molecule is O=C(O)c1ccc(Cl)cc1NS(=O)(=O)C(F)F. The first-order valence-corrected chi connectivity index (χ1v) is 5.99. The molecule has 0 heterocycles. The second kappa shape index (κ2) is 4.84. The first-order chi connectivity index (χ1) is 7.74. The summed E-state index contributed by atoms with van der Waals surface area (Å²) < 4.78 is 47.4. The van der Waals surface area contributed by atoms with Crippen molar-refractivity contribution >= 4 is 33.3 Å². The van der Waals surface area contributed by atoms with E-state index < -0.39 is 33.0 Å². The summed E-state index contributed by atoms with van der Waals surface area (Å²) in [6, 6.07) is 3.14. The highest BCUT2D eigenvalue weighted by Crippen LogP contribution is 2.23. The number of sulfonamides is 1. The Morgan fingerprint density at radius 3 is 2.47 bits per heavy atom. The van der Waals surface area contributed by atoms with Crippen molar-refractivity contribution in [1.29, 1.82) is 0 Å². The van der Waals surface area contributed by atoms with Crippen LogP contribution < -0.4 is 4.72 Å². The molecule has 0 aliphatic carbocycles. The molecule has 1 rings (SSSR count). The van der Waals surface area contributed by atoms with E-state index in [9.17, 15) is 22.0 Å². The van der Waals surface area contributed by atoms with Crippen LogP contribution in [0.25, 0.3) is 0 Å². The van der Waals surface area contributed by atoms with Crippen LogP contribution in [-0.2, 0) is 10.0 Å². The number of alkyl halides is 2. The fraction of sp³-hybridized carbons (Fsp3) is 0.125. The lowest BCUT2D eigenvalue weighted by Crippen LogP contribution is -2.22. The molecular weight excluding hydrogens is 280 g/mol. The molecule has 17 heavy (non-hydrogen) atoms. The Hall–Kier alpha value is -1.41. The Bertz CT molecular complexity index is 546. The van der Waals surface area contributed by atoms with Gasteiger partial charge in [-0.15, -0.1) is 0 Å². The van der Waals surface area contributed by atoms with E-state index in [-0.39, 0.29) is 5.02 Å². The number of benzene rings is 1. The van der Waals surface area contributed by atoms with Gasteiger partial charge in [-0.05, 0) is 18.2 Å². The second-order valence-corrected chi connectivity index (χ2v) is 4.99. The van der Waals surface area contributed by atoms with Crippen LogP contribution in [0.1, 0.15) is 10.4 Å². The van der Waals surface area contributed by atoms with E-state index in [1.807, 2.05) is 0 Å². The predicted octanol–water partition coefficient (Wildman–Crippen LogP) is 2.00. The van der Waals surface area contributed by atoms with E-state index in [1.165, 1.54) is 10.8 Å². The molecule has 1 aromatic carbocycles. The van der Waals surface area contributed by atoms with Gasteiger partial charge in [-0.1, -0.05) is 11.6 Å². The van der Waals surface area contributed by atoms with Gasteiger partial charge < -0.3 is 5.11 Å². The summed E-state index contributed by atoms with van der Waals surface area (Å²) in [5.74, 6) is -5.13. The highest BCUT2D eigenvalue weighted by atomic mass is 35.5. The maximum atomic E-state index is 12.1. The average Bonchev–Trinajstić information content (AvgIpc) is 2.15. The van der Waals surface area contributed by atoms with Gasteiger partial charge in [0.25, 0.3) is 10.0 Å². The average molecular weight is 286 g/mol. The van der Waals surface area contributed by atoms with Gasteiger partial charge in [-0.2, -0.15) is 8.78 Å². The molecule has 5 nitrogen and oxygen atoms in total. The van der Waals surface area contributed by atoms with E-state index in [1.54, 1.807) is 0 Å². The monoisotopic (exact) mass is 285 g/mol. The molecule has 0 saturated heterocycles. The van der Waals surface area contributed by atoms with Crippen molar-refractivity contribution in [2.45, 2.75) is 5.76 Å². The lowest BCUT2D eigenvalue weighted by Gasteiger charge is -2.09. The summed E-state index contributed by atoms with van der Waals surface area (Å²) in [5.41, 5.74) is -0.982. The fourth-order valence-electron chi connectivity index (χ4n) is 0.985. The molecular formula is C8H6ClF2NO4S. The normalized spacial score (nSPS) is 11.5. The van der Waals surface area contributed by atoms with E-state index in [0.29, 0.717) is 0 Å². The van der Waals surface area contributed by atoms with Crippen molar-refractivity contribution in [3.8, 4) is 0 Å². The number of nitrogens with one attached hydrogen (secondary N) is 1. The van der Waals surface area contributed by atoms with Crippen LogP contribution in [0, 0.1) is 0 Å². The van der Waals surface area contributed by atoms with E-state index in [2.05, 4.69) is 0 Å². The summed E-state index contributed by atoms with van der Waals surface area (Å²) in [5, 5.41) is 8.74. The number of carbonyl (C=O) groups is 1. The quantitative estimate of drug-likeness (QED) is 0.886. The van der Waals surface area contributed by atoms with Gasteiger partial charge in [0, 0.05) is 5.02 Å². The molecule has 0 bridgehead atoms. The van der Waals surface area contributed by atoms with Crippen LogP contribution in [0.5, 0.6) is 0 Å². The Labute approximate surface area is 100 Å². The summed E-state index contributed by atoms with van der Waals surface area (Å²) in [6.07, 6.45) is 0. The lowest BCUT2D eigenvalue weighted by atomic mass is 10.2. The van der Waals surface area contributed by atoms with E-state index >= 15 is 0 Å². The molecule has 0 atom stereocenters. The highest BCUT2D eigenvalue weighted by Gasteiger charge is 2.25. The minimum absolute atomic E-state index is 0.0157. The molecule has 94 valence electrons. The lowest BCUT2D eigenvalue weighted by molar-refractivity contribution is 0.0698. The number of anilines is 1. The second-order valence-electron chi connectivity index (χ2n) is 2.90. The summed E-state index contributed by atoms with van der Waals surface area (Å²) >= 11 is 5.51. The van der Waals surface area contributed by atoms with Gasteiger partial charge in [0.2, 0.25) is 0 Å². The zero-order valence-corrected chi connectivity index (χ0v) is 9.60. The molecule has 0 radical (unpaired) electrons. The van der Waals surface area contributed by atoms with Crippen molar-refractivity contribution in [3.05, 3.63) is 28.8 Å². The number of carboxylic acids is 1. The van der Waals surface area contributed by atoms with Crippen molar-refractivity contribution in [2.75, 3.05) is 4.72 Å². The summed E-state index contributed by atoms with van der Waals surface area (Å²) in [7, 11) is -4.93. The Morgan fingerprint density at radius 2 is 2.00 bits per heavy atom. The third-order valence-corrected chi connectivity index (χ3v) is 2.91. The van der Waals surface area contributed by atoms with Crippen molar-refractivity contribution in [2.24, 2.45) is 0 Å². The molecule has 0 aromatic heterocycles. The van der Waals surface area contributed by atoms with Gasteiger partial charge >= 0.3 is 11.7 Å². The minimum Gasteiger partial charge on any atom is -0.478 e. The largest absolute Gasteiger partial charge is 0.478 e. The zero-order chi connectivity index (χ0) is 13.2. The number of halogens is 3. The van der Waals surface area contributed by atoms with Crippen molar-refractivity contribution in [3.63, 3.8) is 0 Å². The molecule has 0 spiro atoms. The molecule has 0 aliphatic rings. The molecule has 0 saturated carbocycles. The number of carboxylic acid groups (broad SMARTS) is 1. The van der Waals surface area contributed by atoms with Gasteiger partial charge in [0.05, 0.1) is 11.3 Å². The highest BCUT2D eigenvalue weighted by molar-refractivity contribution is 7.93. The molecule has 9 heteroatoms. The molecule has 1 aromatic rings. The van der Waals surface area contributed by atoms with Gasteiger partial charge in [0.15, 0.2) is 0 Å². The number of hydrogen-bond donors (Lipinski definition) is 2. The molecule has 2 N–H and O–H groups in total. The molecule has 0 aliphatic heterocycles. The number of hydrogen-bond acceptors (Lipinski definition) is 3. The molecule has 0 amide bonds. The van der Waals surface area contributed by atoms with Crippen LogP contribution in [-0.4, -0.2) is 25.3 Å². The van der Waals surface area contributed by atoms with Gasteiger partial charge in [0.1, 0.15) is 0 Å². The smallest absolute Gasteiger partial charge is 0.355 e. The predicted molar refractivity (Wildman–Crippen MR) is 57.0 cm³/mol.